The van der Waals surface area contributed by atoms with Crippen LogP contribution in [-0.2, 0) is 6.54 Å². The van der Waals surface area contributed by atoms with Crippen LogP contribution in [0.5, 0.6) is 0 Å². The molecule has 0 saturated heterocycles. The maximum Gasteiger partial charge on any atom is 0.318 e. The molecule has 0 aromatic heterocycles. The minimum Gasteiger partial charge on any atom is -0.335 e. The second-order valence-corrected chi connectivity index (χ2v) is 6.35. The van der Waals surface area contributed by atoms with E-state index in [0.29, 0.717) is 12.6 Å². The first kappa shape index (κ1) is 15.9. The normalized spacial score (nSPS) is 16.5. The SMILES string of the molecule is CC(C)N(Cc1ccccc1)C(=O)NC1CCCCCC1. The number of amides is 2. The highest BCUT2D eigenvalue weighted by atomic mass is 16.2. The van der Waals surface area contributed by atoms with Crippen molar-refractivity contribution in [2.75, 3.05) is 0 Å². The third-order valence-corrected chi connectivity index (χ3v) is 4.26. The molecule has 1 aliphatic rings. The van der Waals surface area contributed by atoms with Gasteiger partial charge >= 0.3 is 6.03 Å². The molecule has 2 amide bonds. The maximum atomic E-state index is 12.6. The number of benzene rings is 1. The lowest BCUT2D eigenvalue weighted by Gasteiger charge is -2.29. The number of rotatable bonds is 4. The molecule has 1 N–H and O–H groups in total. The molecule has 3 heteroatoms. The number of hydrogen-bond acceptors (Lipinski definition) is 1. The van der Waals surface area contributed by atoms with E-state index in [1.54, 1.807) is 0 Å². The molecule has 1 aliphatic carbocycles. The molecule has 21 heavy (non-hydrogen) atoms. The number of nitrogens with zero attached hydrogens (tertiary/aromatic N) is 1. The van der Waals surface area contributed by atoms with Crippen molar-refractivity contribution < 1.29 is 4.79 Å². The molecule has 0 spiro atoms. The highest BCUT2D eigenvalue weighted by Gasteiger charge is 2.21. The summed E-state index contributed by atoms with van der Waals surface area (Å²) in [6.45, 7) is 4.84. The number of carbonyl (C=O) groups excluding carboxylic acids is 1. The lowest BCUT2D eigenvalue weighted by molar-refractivity contribution is 0.174. The van der Waals surface area contributed by atoms with Crippen LogP contribution in [0.4, 0.5) is 4.79 Å². The Morgan fingerprint density at radius 1 is 1.14 bits per heavy atom. The van der Waals surface area contributed by atoms with Gasteiger partial charge in [-0.25, -0.2) is 4.79 Å². The topological polar surface area (TPSA) is 32.3 Å². The standard InChI is InChI=1S/C18H28N2O/c1-15(2)20(14-16-10-6-5-7-11-16)18(21)19-17-12-8-3-4-9-13-17/h5-7,10-11,15,17H,3-4,8-9,12-14H2,1-2H3,(H,19,21). The Morgan fingerprint density at radius 2 is 1.76 bits per heavy atom. The lowest BCUT2D eigenvalue weighted by atomic mass is 10.1. The average Bonchev–Trinajstić information content (AvgIpc) is 2.74. The lowest BCUT2D eigenvalue weighted by Crippen LogP contribution is -2.47. The van der Waals surface area contributed by atoms with Gasteiger partial charge in [-0.2, -0.15) is 0 Å². The van der Waals surface area contributed by atoms with E-state index in [1.165, 1.54) is 31.2 Å². The molecule has 1 aromatic rings. The second kappa shape index (κ2) is 8.06. The first-order chi connectivity index (χ1) is 10.2. The van der Waals surface area contributed by atoms with Gasteiger partial charge in [0.2, 0.25) is 0 Å². The fraction of sp³-hybridized carbons (Fsp3) is 0.611. The van der Waals surface area contributed by atoms with E-state index in [-0.39, 0.29) is 12.1 Å². The van der Waals surface area contributed by atoms with Gasteiger partial charge in [-0.15, -0.1) is 0 Å². The van der Waals surface area contributed by atoms with Gasteiger partial charge in [-0.3, -0.25) is 0 Å². The van der Waals surface area contributed by atoms with E-state index < -0.39 is 0 Å². The first-order valence-electron chi connectivity index (χ1n) is 8.28. The van der Waals surface area contributed by atoms with E-state index in [0.717, 1.165) is 12.8 Å². The summed E-state index contributed by atoms with van der Waals surface area (Å²) in [5.41, 5.74) is 1.18. The van der Waals surface area contributed by atoms with Crippen LogP contribution in [0.1, 0.15) is 57.9 Å². The monoisotopic (exact) mass is 288 g/mol. The fourth-order valence-corrected chi connectivity index (χ4v) is 2.95. The molecule has 0 aliphatic heterocycles. The van der Waals surface area contributed by atoms with Gasteiger partial charge in [0, 0.05) is 18.6 Å². The molecule has 0 radical (unpaired) electrons. The van der Waals surface area contributed by atoms with Gasteiger partial charge in [0.25, 0.3) is 0 Å². The third-order valence-electron chi connectivity index (χ3n) is 4.26. The van der Waals surface area contributed by atoms with Crippen LogP contribution in [0, 0.1) is 0 Å². The molecule has 0 atom stereocenters. The molecule has 0 heterocycles. The van der Waals surface area contributed by atoms with E-state index in [2.05, 4.69) is 31.3 Å². The van der Waals surface area contributed by atoms with Crippen molar-refractivity contribution in [1.82, 2.24) is 10.2 Å². The number of nitrogens with one attached hydrogen (secondary N) is 1. The van der Waals surface area contributed by atoms with Crippen LogP contribution in [-0.4, -0.2) is 23.0 Å². The van der Waals surface area contributed by atoms with Gasteiger partial charge in [0.05, 0.1) is 0 Å². The molecule has 1 fully saturated rings. The number of urea groups is 1. The molecule has 0 unspecified atom stereocenters. The van der Waals surface area contributed by atoms with Crippen LogP contribution in [0.25, 0.3) is 0 Å². The summed E-state index contributed by atoms with van der Waals surface area (Å²) >= 11 is 0. The van der Waals surface area contributed by atoms with E-state index in [9.17, 15) is 4.79 Å². The van der Waals surface area contributed by atoms with Crippen molar-refractivity contribution in [3.05, 3.63) is 35.9 Å². The minimum atomic E-state index is 0.0840. The predicted molar refractivity (Wildman–Crippen MR) is 87.1 cm³/mol. The van der Waals surface area contributed by atoms with Crippen LogP contribution in [0.3, 0.4) is 0 Å². The van der Waals surface area contributed by atoms with Crippen molar-refractivity contribution in [3.8, 4) is 0 Å². The summed E-state index contributed by atoms with van der Waals surface area (Å²) < 4.78 is 0. The minimum absolute atomic E-state index is 0.0840. The molecule has 3 nitrogen and oxygen atoms in total. The highest BCUT2D eigenvalue weighted by molar-refractivity contribution is 5.74. The van der Waals surface area contributed by atoms with Crippen LogP contribution in [0.2, 0.25) is 0 Å². The molecule has 0 bridgehead atoms. The molecule has 2 rings (SSSR count). The molecule has 1 saturated carbocycles. The van der Waals surface area contributed by atoms with E-state index in [1.807, 2.05) is 23.1 Å². The number of carbonyl (C=O) groups is 1. The largest absolute Gasteiger partial charge is 0.335 e. The molecule has 1 aromatic carbocycles. The van der Waals surface area contributed by atoms with Crippen molar-refractivity contribution in [2.45, 2.75) is 71.0 Å². The quantitative estimate of drug-likeness (QED) is 0.822. The van der Waals surface area contributed by atoms with Crippen LogP contribution >= 0.6 is 0 Å². The summed E-state index contributed by atoms with van der Waals surface area (Å²) in [4.78, 5) is 14.5. The summed E-state index contributed by atoms with van der Waals surface area (Å²) in [5.74, 6) is 0. The zero-order valence-electron chi connectivity index (χ0n) is 13.3. The number of hydrogen-bond donors (Lipinski definition) is 1. The zero-order chi connectivity index (χ0) is 15.1. The van der Waals surface area contributed by atoms with Gasteiger partial charge in [-0.05, 0) is 32.3 Å². The Hall–Kier alpha value is -1.51. The Kier molecular flexibility index (Phi) is 6.09. The smallest absolute Gasteiger partial charge is 0.318 e. The summed E-state index contributed by atoms with van der Waals surface area (Å²) in [5, 5.41) is 3.25. The van der Waals surface area contributed by atoms with E-state index >= 15 is 0 Å². The average molecular weight is 288 g/mol. The van der Waals surface area contributed by atoms with E-state index in [4.69, 9.17) is 0 Å². The predicted octanol–water partition coefficient (Wildman–Crippen LogP) is 4.33. The van der Waals surface area contributed by atoms with Crippen molar-refractivity contribution in [1.29, 1.82) is 0 Å². The molecular weight excluding hydrogens is 260 g/mol. The summed E-state index contributed by atoms with van der Waals surface area (Å²) in [7, 11) is 0. The van der Waals surface area contributed by atoms with Crippen molar-refractivity contribution >= 4 is 6.03 Å². The third kappa shape index (κ3) is 5.07. The summed E-state index contributed by atoms with van der Waals surface area (Å²) in [6, 6.07) is 10.9. The van der Waals surface area contributed by atoms with Gasteiger partial charge in [0.1, 0.15) is 0 Å². The van der Waals surface area contributed by atoms with Crippen LogP contribution < -0.4 is 5.32 Å². The Labute approximate surface area is 128 Å². The second-order valence-electron chi connectivity index (χ2n) is 6.35. The Morgan fingerprint density at radius 3 is 2.33 bits per heavy atom. The van der Waals surface area contributed by atoms with Crippen molar-refractivity contribution in [2.24, 2.45) is 0 Å². The molecule has 116 valence electrons. The fourth-order valence-electron chi connectivity index (χ4n) is 2.95. The molecular formula is C18H28N2O. The Balaban J connectivity index is 1.95. The first-order valence-corrected chi connectivity index (χ1v) is 8.28. The zero-order valence-corrected chi connectivity index (χ0v) is 13.3. The highest BCUT2D eigenvalue weighted by Crippen LogP contribution is 2.18. The maximum absolute atomic E-state index is 12.6. The van der Waals surface area contributed by atoms with Gasteiger partial charge in [0.15, 0.2) is 0 Å². The van der Waals surface area contributed by atoms with Gasteiger partial charge in [-0.1, -0.05) is 56.0 Å². The summed E-state index contributed by atoms with van der Waals surface area (Å²) in [6.07, 6.45) is 7.36. The van der Waals surface area contributed by atoms with Crippen molar-refractivity contribution in [3.63, 3.8) is 0 Å². The Bertz CT molecular complexity index is 422. The van der Waals surface area contributed by atoms with Crippen LogP contribution in [0.15, 0.2) is 30.3 Å². The van der Waals surface area contributed by atoms with Gasteiger partial charge < -0.3 is 10.2 Å².